The normalized spacial score (nSPS) is 11.5. The lowest BCUT2D eigenvalue weighted by molar-refractivity contribution is 0.561. The molecule has 0 aliphatic carbocycles. The van der Waals surface area contributed by atoms with Gasteiger partial charge in [-0.3, -0.25) is 9.13 Å². The molecule has 0 aliphatic heterocycles. The fourth-order valence-electron chi connectivity index (χ4n) is 2.17. The number of fused-ring (bicyclic) bond motifs is 1. The van der Waals surface area contributed by atoms with Gasteiger partial charge in [-0.1, -0.05) is 12.1 Å². The smallest absolute Gasteiger partial charge is 0.292 e. The quantitative estimate of drug-likeness (QED) is 0.769. The molecule has 0 fully saturated rings. The molecule has 2 rings (SSSR count). The lowest BCUT2D eigenvalue weighted by Gasteiger charge is -2.05. The topological polar surface area (TPSA) is 26.9 Å². The summed E-state index contributed by atoms with van der Waals surface area (Å²) in [4.78, 5) is 12.3. The Hall–Kier alpha value is -1.22. The second-order valence-electron chi connectivity index (χ2n) is 4.43. The van der Waals surface area contributed by atoms with Crippen LogP contribution in [0.5, 0.6) is 0 Å². The SMILES string of the molecule is CC(C)n1c(=O)n(CCCCl)c2ccccc21. The Morgan fingerprint density at radius 3 is 2.47 bits per heavy atom. The predicted octanol–water partition coefficient (Wildman–Crippen LogP) is 3.01. The first-order valence-electron chi connectivity index (χ1n) is 5.92. The van der Waals surface area contributed by atoms with E-state index in [0.29, 0.717) is 12.4 Å². The van der Waals surface area contributed by atoms with E-state index in [0.717, 1.165) is 17.5 Å². The first kappa shape index (κ1) is 12.2. The van der Waals surface area contributed by atoms with Crippen molar-refractivity contribution in [3.05, 3.63) is 34.7 Å². The summed E-state index contributed by atoms with van der Waals surface area (Å²) in [5.74, 6) is 0.577. The largest absolute Gasteiger partial charge is 0.329 e. The number of rotatable bonds is 4. The maximum absolute atomic E-state index is 12.3. The minimum atomic E-state index is 0.0614. The summed E-state index contributed by atoms with van der Waals surface area (Å²) in [6.07, 6.45) is 0.813. The van der Waals surface area contributed by atoms with Gasteiger partial charge in [0, 0.05) is 18.5 Å². The Labute approximate surface area is 106 Å². The zero-order chi connectivity index (χ0) is 12.4. The molecule has 0 spiro atoms. The van der Waals surface area contributed by atoms with Gasteiger partial charge in [0.2, 0.25) is 0 Å². The van der Waals surface area contributed by atoms with Gasteiger partial charge in [-0.15, -0.1) is 11.6 Å². The summed E-state index contributed by atoms with van der Waals surface area (Å²) < 4.78 is 3.65. The van der Waals surface area contributed by atoms with Gasteiger partial charge in [0.1, 0.15) is 0 Å². The van der Waals surface area contributed by atoms with Gasteiger partial charge < -0.3 is 0 Å². The van der Waals surface area contributed by atoms with Crippen molar-refractivity contribution >= 4 is 22.6 Å². The number of benzene rings is 1. The number of nitrogens with zero attached hydrogens (tertiary/aromatic N) is 2. The van der Waals surface area contributed by atoms with Crippen molar-refractivity contribution in [2.75, 3.05) is 5.88 Å². The molecule has 1 aromatic carbocycles. The highest BCUT2D eigenvalue weighted by Gasteiger charge is 2.13. The number of hydrogen-bond acceptors (Lipinski definition) is 1. The molecule has 2 aromatic rings. The third-order valence-corrected chi connectivity index (χ3v) is 3.17. The molecule has 0 amide bonds. The average Bonchev–Trinajstić information content (AvgIpc) is 2.58. The zero-order valence-corrected chi connectivity index (χ0v) is 10.9. The lowest BCUT2D eigenvalue weighted by atomic mass is 10.3. The molecule has 0 saturated heterocycles. The molecule has 92 valence electrons. The molecule has 0 aliphatic rings. The van der Waals surface area contributed by atoms with Crippen molar-refractivity contribution in [2.24, 2.45) is 0 Å². The Morgan fingerprint density at radius 1 is 1.24 bits per heavy atom. The van der Waals surface area contributed by atoms with Gasteiger partial charge in [-0.25, -0.2) is 4.79 Å². The van der Waals surface area contributed by atoms with Crippen molar-refractivity contribution in [1.82, 2.24) is 9.13 Å². The summed E-state index contributed by atoms with van der Waals surface area (Å²) >= 11 is 5.70. The maximum atomic E-state index is 12.3. The summed E-state index contributed by atoms with van der Waals surface area (Å²) in [5.41, 5.74) is 2.06. The highest BCUT2D eigenvalue weighted by molar-refractivity contribution is 6.17. The Bertz CT molecular complexity index is 568. The number of imidazole rings is 1. The monoisotopic (exact) mass is 252 g/mol. The molecule has 0 unspecified atom stereocenters. The Morgan fingerprint density at radius 2 is 1.88 bits per heavy atom. The van der Waals surface area contributed by atoms with Crippen LogP contribution in [0.3, 0.4) is 0 Å². The molecular weight excluding hydrogens is 236 g/mol. The third kappa shape index (κ3) is 2.12. The summed E-state index contributed by atoms with van der Waals surface area (Å²) in [6.45, 7) is 4.74. The van der Waals surface area contributed by atoms with Gasteiger partial charge in [0.15, 0.2) is 0 Å². The van der Waals surface area contributed by atoms with E-state index in [2.05, 4.69) is 0 Å². The molecule has 0 saturated carbocycles. The van der Waals surface area contributed by atoms with Crippen LogP contribution in [0.15, 0.2) is 29.1 Å². The molecule has 1 heterocycles. The van der Waals surface area contributed by atoms with E-state index in [1.54, 1.807) is 0 Å². The fourth-order valence-corrected chi connectivity index (χ4v) is 2.28. The standard InChI is InChI=1S/C13H17ClN2O/c1-10(2)16-12-7-4-3-6-11(12)15(13(16)17)9-5-8-14/h3-4,6-7,10H,5,8-9H2,1-2H3. The van der Waals surface area contributed by atoms with E-state index in [1.165, 1.54) is 0 Å². The van der Waals surface area contributed by atoms with Crippen molar-refractivity contribution in [3.8, 4) is 0 Å². The van der Waals surface area contributed by atoms with Crippen LogP contribution in [0.4, 0.5) is 0 Å². The third-order valence-electron chi connectivity index (χ3n) is 2.90. The predicted molar refractivity (Wildman–Crippen MR) is 71.9 cm³/mol. The van der Waals surface area contributed by atoms with E-state index < -0.39 is 0 Å². The van der Waals surface area contributed by atoms with Crippen LogP contribution < -0.4 is 5.69 Å². The number of aromatic nitrogens is 2. The first-order chi connectivity index (χ1) is 8.16. The van der Waals surface area contributed by atoms with Gasteiger partial charge in [-0.05, 0) is 32.4 Å². The second kappa shape index (κ2) is 4.96. The number of halogens is 1. The molecule has 3 nitrogen and oxygen atoms in total. The molecule has 17 heavy (non-hydrogen) atoms. The molecule has 0 atom stereocenters. The zero-order valence-electron chi connectivity index (χ0n) is 10.2. The molecule has 1 aromatic heterocycles. The maximum Gasteiger partial charge on any atom is 0.329 e. The second-order valence-corrected chi connectivity index (χ2v) is 4.81. The number of para-hydroxylation sites is 2. The average molecular weight is 253 g/mol. The molecule has 0 N–H and O–H groups in total. The van der Waals surface area contributed by atoms with Gasteiger partial charge in [0.05, 0.1) is 11.0 Å². The molecule has 0 radical (unpaired) electrons. The molecular formula is C13H17ClN2O. The number of aryl methyl sites for hydroxylation is 1. The minimum Gasteiger partial charge on any atom is -0.292 e. The summed E-state index contributed by atoms with van der Waals surface area (Å²) in [6, 6.07) is 8.08. The van der Waals surface area contributed by atoms with Crippen LogP contribution in [0.2, 0.25) is 0 Å². The van der Waals surface area contributed by atoms with E-state index in [9.17, 15) is 4.79 Å². The first-order valence-corrected chi connectivity index (χ1v) is 6.46. The van der Waals surface area contributed by atoms with Crippen LogP contribution in [-0.4, -0.2) is 15.0 Å². The molecule has 4 heteroatoms. The highest BCUT2D eigenvalue weighted by atomic mass is 35.5. The molecule has 0 bridgehead atoms. The Kier molecular flexibility index (Phi) is 3.57. The number of alkyl halides is 1. The van der Waals surface area contributed by atoms with Crippen LogP contribution >= 0.6 is 11.6 Å². The van der Waals surface area contributed by atoms with Crippen molar-refractivity contribution in [1.29, 1.82) is 0 Å². The summed E-state index contributed by atoms with van der Waals surface area (Å²) in [7, 11) is 0. The van der Waals surface area contributed by atoms with Crippen LogP contribution in [-0.2, 0) is 6.54 Å². The van der Waals surface area contributed by atoms with Gasteiger partial charge >= 0.3 is 5.69 Å². The van der Waals surface area contributed by atoms with E-state index in [4.69, 9.17) is 11.6 Å². The fraction of sp³-hybridized carbons (Fsp3) is 0.462. The van der Waals surface area contributed by atoms with Gasteiger partial charge in [0.25, 0.3) is 0 Å². The van der Waals surface area contributed by atoms with E-state index >= 15 is 0 Å². The Balaban J connectivity index is 2.66. The van der Waals surface area contributed by atoms with Crippen molar-refractivity contribution in [3.63, 3.8) is 0 Å². The van der Waals surface area contributed by atoms with E-state index in [-0.39, 0.29) is 11.7 Å². The lowest BCUT2D eigenvalue weighted by Crippen LogP contribution is -2.25. The van der Waals surface area contributed by atoms with Crippen LogP contribution in [0.25, 0.3) is 11.0 Å². The summed E-state index contributed by atoms with van der Waals surface area (Å²) in [5, 5.41) is 0. The van der Waals surface area contributed by atoms with Crippen LogP contribution in [0.1, 0.15) is 26.3 Å². The van der Waals surface area contributed by atoms with Crippen molar-refractivity contribution < 1.29 is 0 Å². The van der Waals surface area contributed by atoms with Crippen molar-refractivity contribution in [2.45, 2.75) is 32.9 Å². The van der Waals surface area contributed by atoms with Gasteiger partial charge in [-0.2, -0.15) is 0 Å². The highest BCUT2D eigenvalue weighted by Crippen LogP contribution is 2.16. The minimum absolute atomic E-state index is 0.0614. The van der Waals surface area contributed by atoms with Crippen LogP contribution in [0, 0.1) is 0 Å². The number of hydrogen-bond donors (Lipinski definition) is 0. The van der Waals surface area contributed by atoms with E-state index in [1.807, 2.05) is 47.2 Å².